The summed E-state index contributed by atoms with van der Waals surface area (Å²) in [6.45, 7) is 11.2. The number of rotatable bonds is 6. The Bertz CT molecular complexity index is 646. The van der Waals surface area contributed by atoms with E-state index in [4.69, 9.17) is 0 Å². The number of halogens is 1. The van der Waals surface area contributed by atoms with Gasteiger partial charge in [-0.1, -0.05) is 43.2 Å². The molecule has 2 fully saturated rings. The Kier molecular flexibility index (Phi) is 10.4. The van der Waals surface area contributed by atoms with Crippen molar-refractivity contribution in [2.24, 2.45) is 4.99 Å². The predicted molar refractivity (Wildman–Crippen MR) is 139 cm³/mol. The van der Waals surface area contributed by atoms with Crippen molar-refractivity contribution in [3.63, 3.8) is 0 Å². The summed E-state index contributed by atoms with van der Waals surface area (Å²) in [5.74, 6) is 1.38. The van der Waals surface area contributed by atoms with Crippen molar-refractivity contribution < 1.29 is 0 Å². The molecule has 0 bridgehead atoms. The van der Waals surface area contributed by atoms with Crippen LogP contribution in [0, 0.1) is 6.92 Å². The number of piperidine rings is 2. The number of nitrogens with zero attached hydrogens (tertiary/aromatic N) is 3. The Labute approximate surface area is 201 Å². The van der Waals surface area contributed by atoms with Crippen molar-refractivity contribution in [2.45, 2.75) is 57.4 Å². The van der Waals surface area contributed by atoms with Crippen LogP contribution >= 0.6 is 24.0 Å². The minimum atomic E-state index is 0. The van der Waals surface area contributed by atoms with Gasteiger partial charge in [0.05, 0.1) is 0 Å². The van der Waals surface area contributed by atoms with Gasteiger partial charge in [-0.2, -0.15) is 0 Å². The molecule has 0 amide bonds. The van der Waals surface area contributed by atoms with Crippen molar-refractivity contribution in [3.05, 3.63) is 35.4 Å². The van der Waals surface area contributed by atoms with Crippen LogP contribution in [0.1, 0.15) is 56.1 Å². The van der Waals surface area contributed by atoms with E-state index >= 15 is 0 Å². The van der Waals surface area contributed by atoms with Gasteiger partial charge in [-0.25, -0.2) is 0 Å². The lowest BCUT2D eigenvalue weighted by atomic mass is 9.84. The molecule has 1 unspecified atom stereocenters. The van der Waals surface area contributed by atoms with Gasteiger partial charge in [0.25, 0.3) is 0 Å². The Morgan fingerprint density at radius 1 is 1.03 bits per heavy atom. The van der Waals surface area contributed by atoms with E-state index in [2.05, 4.69) is 70.6 Å². The smallest absolute Gasteiger partial charge is 0.191 e. The van der Waals surface area contributed by atoms with Crippen LogP contribution in [0.5, 0.6) is 0 Å². The van der Waals surface area contributed by atoms with Gasteiger partial charge in [-0.3, -0.25) is 9.89 Å². The minimum absolute atomic E-state index is 0. The van der Waals surface area contributed by atoms with Crippen molar-refractivity contribution in [1.82, 2.24) is 20.4 Å². The molecule has 2 N–H and O–H groups in total. The molecule has 2 aliphatic heterocycles. The Morgan fingerprint density at radius 3 is 2.27 bits per heavy atom. The highest BCUT2D eigenvalue weighted by molar-refractivity contribution is 14.0. The van der Waals surface area contributed by atoms with Gasteiger partial charge in [-0.05, 0) is 77.3 Å². The van der Waals surface area contributed by atoms with E-state index in [0.29, 0.717) is 5.92 Å². The summed E-state index contributed by atoms with van der Waals surface area (Å²) < 4.78 is 0. The van der Waals surface area contributed by atoms with Crippen molar-refractivity contribution >= 4 is 29.9 Å². The first-order valence-corrected chi connectivity index (χ1v) is 11.5. The first-order chi connectivity index (χ1) is 14.0. The Morgan fingerprint density at radius 2 is 1.67 bits per heavy atom. The normalized spacial score (nSPS) is 21.5. The lowest BCUT2D eigenvalue weighted by Crippen LogP contribution is -2.62. The zero-order valence-corrected chi connectivity index (χ0v) is 21.7. The summed E-state index contributed by atoms with van der Waals surface area (Å²) in [5, 5.41) is 7.25. The highest BCUT2D eigenvalue weighted by Crippen LogP contribution is 2.30. The van der Waals surface area contributed by atoms with Gasteiger partial charge >= 0.3 is 0 Å². The first kappa shape index (κ1) is 25.4. The third-order valence-electron chi connectivity index (χ3n) is 6.98. The van der Waals surface area contributed by atoms with Crippen LogP contribution in [-0.2, 0) is 0 Å². The van der Waals surface area contributed by atoms with Crippen LogP contribution in [0.2, 0.25) is 0 Å². The predicted octanol–water partition coefficient (Wildman–Crippen LogP) is 3.83. The lowest BCUT2D eigenvalue weighted by molar-refractivity contribution is 0.0173. The highest BCUT2D eigenvalue weighted by Gasteiger charge is 2.39. The molecule has 2 aliphatic rings. The van der Waals surface area contributed by atoms with E-state index in [1.165, 1.54) is 69.4 Å². The lowest BCUT2D eigenvalue weighted by Gasteiger charge is -2.50. The van der Waals surface area contributed by atoms with Crippen LogP contribution in [-0.4, -0.2) is 74.7 Å². The molecule has 0 spiro atoms. The molecule has 1 atom stereocenters. The maximum absolute atomic E-state index is 4.51. The molecule has 170 valence electrons. The number of aliphatic imine (C=N–C) groups is 1. The Hall–Kier alpha value is -0.860. The van der Waals surface area contributed by atoms with Gasteiger partial charge in [0.1, 0.15) is 0 Å². The van der Waals surface area contributed by atoms with Crippen LogP contribution in [0.3, 0.4) is 0 Å². The number of aryl methyl sites for hydroxylation is 1. The number of nitrogens with one attached hydrogen (secondary N) is 2. The number of likely N-dealkylation sites (tertiary alicyclic amines) is 2. The van der Waals surface area contributed by atoms with E-state index < -0.39 is 0 Å². The second-order valence-corrected chi connectivity index (χ2v) is 9.19. The molecule has 0 aliphatic carbocycles. The molecule has 2 saturated heterocycles. The fraction of sp³-hybridized carbons (Fsp3) is 0.708. The summed E-state index contributed by atoms with van der Waals surface area (Å²) in [4.78, 5) is 9.76. The molecule has 6 heteroatoms. The first-order valence-electron chi connectivity index (χ1n) is 11.5. The topological polar surface area (TPSA) is 42.9 Å². The quantitative estimate of drug-likeness (QED) is 0.336. The standard InChI is InChI=1S/C24H41N5.HI/c1-20-8-10-22(11-9-20)21(2)18-26-23(25-3)27-19-24(12-16-28(4)17-13-24)29-14-6-5-7-15-29;/h8-11,21H,5-7,12-19H2,1-4H3,(H2,25,26,27);1H. The second-order valence-electron chi connectivity index (χ2n) is 9.19. The van der Waals surface area contributed by atoms with Crippen LogP contribution in [0.4, 0.5) is 0 Å². The fourth-order valence-corrected chi connectivity index (χ4v) is 4.74. The maximum Gasteiger partial charge on any atom is 0.191 e. The molecule has 1 aromatic rings. The average molecular weight is 528 g/mol. The maximum atomic E-state index is 4.51. The van der Waals surface area contributed by atoms with Gasteiger partial charge < -0.3 is 15.5 Å². The molecule has 3 rings (SSSR count). The van der Waals surface area contributed by atoms with E-state index in [9.17, 15) is 0 Å². The summed E-state index contributed by atoms with van der Waals surface area (Å²) in [6.07, 6.45) is 6.57. The van der Waals surface area contributed by atoms with E-state index in [1.807, 2.05) is 7.05 Å². The van der Waals surface area contributed by atoms with Crippen molar-refractivity contribution in [3.8, 4) is 0 Å². The summed E-state index contributed by atoms with van der Waals surface area (Å²) in [6, 6.07) is 8.87. The number of hydrogen-bond donors (Lipinski definition) is 2. The molecule has 2 heterocycles. The van der Waals surface area contributed by atoms with E-state index in [0.717, 1.165) is 19.0 Å². The minimum Gasteiger partial charge on any atom is -0.356 e. The number of hydrogen-bond acceptors (Lipinski definition) is 3. The molecular formula is C24H42IN5. The van der Waals surface area contributed by atoms with Crippen LogP contribution < -0.4 is 10.6 Å². The van der Waals surface area contributed by atoms with Gasteiger partial charge in [0, 0.05) is 25.7 Å². The van der Waals surface area contributed by atoms with E-state index in [-0.39, 0.29) is 29.5 Å². The number of guanidine groups is 1. The highest BCUT2D eigenvalue weighted by atomic mass is 127. The van der Waals surface area contributed by atoms with Crippen LogP contribution in [0.25, 0.3) is 0 Å². The molecule has 0 aromatic heterocycles. The molecule has 0 saturated carbocycles. The fourth-order valence-electron chi connectivity index (χ4n) is 4.74. The summed E-state index contributed by atoms with van der Waals surface area (Å²) >= 11 is 0. The Balaban J connectivity index is 0.00000320. The molecule has 5 nitrogen and oxygen atoms in total. The molecular weight excluding hydrogens is 485 g/mol. The van der Waals surface area contributed by atoms with Gasteiger partial charge in [0.15, 0.2) is 5.96 Å². The molecule has 1 aromatic carbocycles. The SMILES string of the molecule is CN=C(NCC(C)c1ccc(C)cc1)NCC1(N2CCCCC2)CCN(C)CC1.I. The van der Waals surface area contributed by atoms with E-state index in [1.54, 1.807) is 0 Å². The average Bonchev–Trinajstić information content (AvgIpc) is 2.76. The number of benzene rings is 1. The molecule has 30 heavy (non-hydrogen) atoms. The van der Waals surface area contributed by atoms with Crippen LogP contribution in [0.15, 0.2) is 29.3 Å². The van der Waals surface area contributed by atoms with Gasteiger partial charge in [-0.15, -0.1) is 24.0 Å². The third kappa shape index (κ3) is 6.82. The second kappa shape index (κ2) is 12.2. The van der Waals surface area contributed by atoms with Crippen molar-refractivity contribution in [2.75, 3.05) is 53.4 Å². The zero-order chi connectivity index (χ0) is 20.7. The summed E-state index contributed by atoms with van der Waals surface area (Å²) in [7, 11) is 4.13. The third-order valence-corrected chi connectivity index (χ3v) is 6.98. The monoisotopic (exact) mass is 527 g/mol. The largest absolute Gasteiger partial charge is 0.356 e. The summed E-state index contributed by atoms with van der Waals surface area (Å²) in [5.41, 5.74) is 2.96. The molecule has 0 radical (unpaired) electrons. The van der Waals surface area contributed by atoms with Gasteiger partial charge in [0.2, 0.25) is 0 Å². The van der Waals surface area contributed by atoms with Crippen molar-refractivity contribution in [1.29, 1.82) is 0 Å². The zero-order valence-electron chi connectivity index (χ0n) is 19.4.